The van der Waals surface area contributed by atoms with Crippen LogP contribution in [-0.4, -0.2) is 0 Å². The molecule has 1 aliphatic carbocycles. The Labute approximate surface area is 119 Å². The maximum absolute atomic E-state index is 2.22. The summed E-state index contributed by atoms with van der Waals surface area (Å²) in [4.78, 5) is 0. The summed E-state index contributed by atoms with van der Waals surface area (Å²) in [6, 6.07) is 17.3. The highest BCUT2D eigenvalue weighted by Gasteiger charge is 2.22. The molecule has 1 heteroatoms. The van der Waals surface area contributed by atoms with Crippen molar-refractivity contribution in [2.75, 3.05) is 0 Å². The van der Waals surface area contributed by atoms with Gasteiger partial charge in [-0.3, -0.25) is 0 Å². The molecule has 0 heterocycles. The lowest BCUT2D eigenvalue weighted by Gasteiger charge is -2.04. The largest absolute Gasteiger partial charge is 0.107 e. The molecule has 17 heavy (non-hydrogen) atoms. The molecule has 0 aromatic heterocycles. The number of rotatable bonds is 0. The summed E-state index contributed by atoms with van der Waals surface area (Å²) in [7, 11) is 0. The van der Waals surface area contributed by atoms with Gasteiger partial charge in [0.15, 0.2) is 0 Å². The molecule has 3 rings (SSSR count). The van der Waals surface area contributed by atoms with Crippen molar-refractivity contribution in [2.24, 2.45) is 0 Å². The minimum absolute atomic E-state index is 0. The van der Waals surface area contributed by atoms with Gasteiger partial charge in [0.25, 0.3) is 0 Å². The zero-order chi connectivity index (χ0) is 11.1. The molecular formula is C16H15I. The first-order valence-corrected chi connectivity index (χ1v) is 5.65. The van der Waals surface area contributed by atoms with E-state index in [1.54, 1.807) is 0 Å². The van der Waals surface area contributed by atoms with E-state index in [0.717, 1.165) is 0 Å². The molecule has 0 saturated carbocycles. The number of hydrogen-bond donors (Lipinski definition) is 0. The molecule has 2 aromatic rings. The number of halogens is 1. The maximum atomic E-state index is 2.22. The van der Waals surface area contributed by atoms with Gasteiger partial charge in [-0.05, 0) is 41.7 Å². The third kappa shape index (κ3) is 1.82. The molecule has 0 N–H and O–H groups in total. The fourth-order valence-corrected chi connectivity index (χ4v) is 2.56. The van der Waals surface area contributed by atoms with Gasteiger partial charge in [-0.15, -0.1) is 24.0 Å². The SMILES string of the molecule is CC(C)=C1c2ccccc2-c2ccccc21.I. The van der Waals surface area contributed by atoms with Crippen LogP contribution in [0, 0.1) is 0 Å². The molecule has 0 fully saturated rings. The van der Waals surface area contributed by atoms with Gasteiger partial charge in [-0.25, -0.2) is 0 Å². The lowest BCUT2D eigenvalue weighted by molar-refractivity contribution is 1.39. The molecule has 0 aliphatic heterocycles. The Kier molecular flexibility index (Phi) is 3.38. The number of fused-ring (bicyclic) bond motifs is 3. The van der Waals surface area contributed by atoms with E-state index in [1.165, 1.54) is 33.4 Å². The van der Waals surface area contributed by atoms with Crippen molar-refractivity contribution >= 4 is 29.5 Å². The van der Waals surface area contributed by atoms with Gasteiger partial charge in [0.05, 0.1) is 0 Å². The summed E-state index contributed by atoms with van der Waals surface area (Å²) in [6.07, 6.45) is 0. The first-order valence-electron chi connectivity index (χ1n) is 5.65. The second kappa shape index (κ2) is 4.65. The number of benzene rings is 2. The summed E-state index contributed by atoms with van der Waals surface area (Å²) in [5.41, 5.74) is 8.29. The third-order valence-corrected chi connectivity index (χ3v) is 3.18. The highest BCUT2D eigenvalue weighted by Crippen LogP contribution is 2.44. The second-order valence-electron chi connectivity index (χ2n) is 4.47. The molecule has 0 nitrogen and oxygen atoms in total. The predicted octanol–water partition coefficient (Wildman–Crippen LogP) is 5.13. The average molecular weight is 334 g/mol. The van der Waals surface area contributed by atoms with Crippen molar-refractivity contribution in [1.82, 2.24) is 0 Å². The minimum Gasteiger partial charge on any atom is -0.107 e. The number of allylic oxidation sites excluding steroid dienone is 1. The normalized spacial score (nSPS) is 11.5. The molecule has 0 unspecified atom stereocenters. The van der Waals surface area contributed by atoms with E-state index < -0.39 is 0 Å². The Morgan fingerprint density at radius 2 is 1.00 bits per heavy atom. The van der Waals surface area contributed by atoms with Gasteiger partial charge < -0.3 is 0 Å². The summed E-state index contributed by atoms with van der Waals surface area (Å²) < 4.78 is 0. The zero-order valence-corrected chi connectivity index (χ0v) is 12.4. The van der Waals surface area contributed by atoms with E-state index in [9.17, 15) is 0 Å². The Morgan fingerprint density at radius 3 is 1.35 bits per heavy atom. The monoisotopic (exact) mass is 334 g/mol. The molecule has 0 radical (unpaired) electrons. The van der Waals surface area contributed by atoms with Gasteiger partial charge in [0.1, 0.15) is 0 Å². The molecule has 2 aromatic carbocycles. The van der Waals surface area contributed by atoms with Crippen molar-refractivity contribution in [3.63, 3.8) is 0 Å². The molecule has 0 atom stereocenters. The van der Waals surface area contributed by atoms with Crippen LogP contribution in [0.1, 0.15) is 25.0 Å². The fraction of sp³-hybridized carbons (Fsp3) is 0.125. The molecule has 1 aliphatic rings. The molecular weight excluding hydrogens is 319 g/mol. The zero-order valence-electron chi connectivity index (χ0n) is 10.0. The van der Waals surface area contributed by atoms with Crippen LogP contribution >= 0.6 is 24.0 Å². The predicted molar refractivity (Wildman–Crippen MR) is 84.7 cm³/mol. The van der Waals surface area contributed by atoms with Crippen LogP contribution in [-0.2, 0) is 0 Å². The third-order valence-electron chi connectivity index (χ3n) is 3.18. The molecule has 0 spiro atoms. The first kappa shape index (κ1) is 12.4. The fourth-order valence-electron chi connectivity index (χ4n) is 2.56. The van der Waals surface area contributed by atoms with Crippen LogP contribution in [0.15, 0.2) is 54.1 Å². The molecule has 0 bridgehead atoms. The highest BCUT2D eigenvalue weighted by molar-refractivity contribution is 14.0. The number of hydrogen-bond acceptors (Lipinski definition) is 0. The van der Waals surface area contributed by atoms with Gasteiger partial charge in [-0.1, -0.05) is 54.1 Å². The molecule has 86 valence electrons. The van der Waals surface area contributed by atoms with Crippen molar-refractivity contribution in [3.8, 4) is 11.1 Å². The van der Waals surface area contributed by atoms with Crippen molar-refractivity contribution < 1.29 is 0 Å². The Balaban J connectivity index is 0.00000108. The highest BCUT2D eigenvalue weighted by atomic mass is 127. The van der Waals surface area contributed by atoms with Crippen LogP contribution in [0.2, 0.25) is 0 Å². The molecule has 0 saturated heterocycles. The topological polar surface area (TPSA) is 0 Å². The van der Waals surface area contributed by atoms with Crippen LogP contribution in [0.25, 0.3) is 16.7 Å². The van der Waals surface area contributed by atoms with E-state index in [1.807, 2.05) is 0 Å². The van der Waals surface area contributed by atoms with Crippen LogP contribution in [0.3, 0.4) is 0 Å². The summed E-state index contributed by atoms with van der Waals surface area (Å²) >= 11 is 0. The standard InChI is InChI=1S/C16H14.HI/c1-11(2)16-14-9-5-3-7-12(14)13-8-4-6-10-15(13)16;/h3-10H,1-2H3;1H. The van der Waals surface area contributed by atoms with E-state index in [2.05, 4.69) is 62.4 Å². The first-order chi connectivity index (χ1) is 7.79. The lowest BCUT2D eigenvalue weighted by atomic mass is 10.00. The van der Waals surface area contributed by atoms with E-state index in [4.69, 9.17) is 0 Å². The second-order valence-corrected chi connectivity index (χ2v) is 4.47. The van der Waals surface area contributed by atoms with E-state index in [0.29, 0.717) is 0 Å². The smallest absolute Gasteiger partial charge is 0.00990 e. The van der Waals surface area contributed by atoms with Crippen molar-refractivity contribution in [3.05, 3.63) is 65.2 Å². The van der Waals surface area contributed by atoms with E-state index in [-0.39, 0.29) is 24.0 Å². The van der Waals surface area contributed by atoms with E-state index >= 15 is 0 Å². The maximum Gasteiger partial charge on any atom is -0.00990 e. The van der Waals surface area contributed by atoms with Gasteiger partial charge in [-0.2, -0.15) is 0 Å². The minimum atomic E-state index is 0. The summed E-state index contributed by atoms with van der Waals surface area (Å²) in [5, 5.41) is 0. The van der Waals surface area contributed by atoms with Gasteiger partial charge >= 0.3 is 0 Å². The van der Waals surface area contributed by atoms with Crippen LogP contribution in [0.5, 0.6) is 0 Å². The summed E-state index contributed by atoms with van der Waals surface area (Å²) in [5.74, 6) is 0. The molecule has 0 amide bonds. The Morgan fingerprint density at radius 1 is 0.647 bits per heavy atom. The van der Waals surface area contributed by atoms with Crippen LogP contribution in [0.4, 0.5) is 0 Å². The van der Waals surface area contributed by atoms with Crippen molar-refractivity contribution in [1.29, 1.82) is 0 Å². The lowest BCUT2D eigenvalue weighted by Crippen LogP contribution is -1.83. The van der Waals surface area contributed by atoms with Gasteiger partial charge in [0.2, 0.25) is 0 Å². The van der Waals surface area contributed by atoms with Crippen LogP contribution < -0.4 is 0 Å². The Hall–Kier alpha value is -1.09. The quantitative estimate of drug-likeness (QED) is 0.500. The summed E-state index contributed by atoms with van der Waals surface area (Å²) in [6.45, 7) is 4.38. The Bertz CT molecular complexity index is 542. The van der Waals surface area contributed by atoms with Crippen molar-refractivity contribution in [2.45, 2.75) is 13.8 Å². The van der Waals surface area contributed by atoms with Gasteiger partial charge in [0, 0.05) is 0 Å². The average Bonchev–Trinajstić information content (AvgIpc) is 2.63.